The highest BCUT2D eigenvalue weighted by Crippen LogP contribution is 2.27. The van der Waals surface area contributed by atoms with Crippen LogP contribution in [0.4, 0.5) is 0 Å². The van der Waals surface area contributed by atoms with Crippen LogP contribution >= 0.6 is 12.4 Å². The van der Waals surface area contributed by atoms with E-state index >= 15 is 0 Å². The first-order valence-electron chi connectivity index (χ1n) is 8.87. The molecule has 1 N–H and O–H groups in total. The van der Waals surface area contributed by atoms with E-state index in [4.69, 9.17) is 14.2 Å². The minimum Gasteiger partial charge on any atom is -0.493 e. The number of hydrogen-bond donors (Lipinski definition) is 1. The molecule has 1 saturated heterocycles. The van der Waals surface area contributed by atoms with Crippen LogP contribution in [-0.4, -0.2) is 63.9 Å². The van der Waals surface area contributed by atoms with Gasteiger partial charge in [0.25, 0.3) is 5.91 Å². The number of carbonyl (C=O) groups is 1. The fraction of sp³-hybridized carbons (Fsp3) is 0.632. The maximum atomic E-state index is 12.8. The van der Waals surface area contributed by atoms with Crippen LogP contribution in [0.2, 0.25) is 0 Å². The van der Waals surface area contributed by atoms with Gasteiger partial charge in [0.2, 0.25) is 0 Å². The molecule has 1 aliphatic rings. The third-order valence-electron chi connectivity index (χ3n) is 4.22. The molecule has 1 aliphatic heterocycles. The van der Waals surface area contributed by atoms with Gasteiger partial charge in [0.1, 0.15) is 6.10 Å². The number of nitrogens with zero attached hydrogens (tertiary/aromatic N) is 1. The molecule has 1 heterocycles. The van der Waals surface area contributed by atoms with Crippen molar-refractivity contribution in [2.45, 2.75) is 26.4 Å². The van der Waals surface area contributed by atoms with E-state index in [1.807, 2.05) is 23.1 Å². The lowest BCUT2D eigenvalue weighted by atomic mass is 10.1. The Morgan fingerprint density at radius 2 is 2.04 bits per heavy atom. The summed E-state index contributed by atoms with van der Waals surface area (Å²) in [4.78, 5) is 14.7. The summed E-state index contributed by atoms with van der Waals surface area (Å²) in [6, 6.07) is 5.88. The van der Waals surface area contributed by atoms with E-state index in [1.54, 1.807) is 14.2 Å². The summed E-state index contributed by atoms with van der Waals surface area (Å²) in [6.45, 7) is 7.61. The van der Waals surface area contributed by atoms with Crippen LogP contribution in [0.25, 0.3) is 0 Å². The number of amides is 1. The minimum atomic E-state index is -0.377. The lowest BCUT2D eigenvalue weighted by Gasteiger charge is -2.31. The molecule has 0 radical (unpaired) electrons. The van der Waals surface area contributed by atoms with Crippen molar-refractivity contribution in [1.82, 2.24) is 10.2 Å². The average Bonchev–Trinajstić information content (AvgIpc) is 2.64. The number of carbonyl (C=O) groups excluding carboxylic acids is 1. The first-order valence-corrected chi connectivity index (χ1v) is 8.87. The zero-order chi connectivity index (χ0) is 18.2. The molecule has 0 aliphatic carbocycles. The Morgan fingerprint density at radius 1 is 1.31 bits per heavy atom. The van der Waals surface area contributed by atoms with Crippen molar-refractivity contribution in [3.63, 3.8) is 0 Å². The number of methoxy groups -OCH3 is 2. The molecule has 7 heteroatoms. The van der Waals surface area contributed by atoms with Gasteiger partial charge in [-0.15, -0.1) is 12.4 Å². The summed E-state index contributed by atoms with van der Waals surface area (Å²) in [5.41, 5.74) is 1.11. The monoisotopic (exact) mass is 386 g/mol. The largest absolute Gasteiger partial charge is 0.493 e. The van der Waals surface area contributed by atoms with Gasteiger partial charge in [-0.2, -0.15) is 0 Å². The molecule has 1 aromatic rings. The van der Waals surface area contributed by atoms with Gasteiger partial charge < -0.3 is 24.4 Å². The molecular weight excluding hydrogens is 356 g/mol. The van der Waals surface area contributed by atoms with E-state index in [9.17, 15) is 4.79 Å². The van der Waals surface area contributed by atoms with Crippen molar-refractivity contribution < 1.29 is 19.0 Å². The summed E-state index contributed by atoms with van der Waals surface area (Å²) in [5, 5.41) is 3.22. The summed E-state index contributed by atoms with van der Waals surface area (Å²) in [6.07, 6.45) is 0.386. The Balaban J connectivity index is 0.00000338. The molecule has 1 atom stereocenters. The fourth-order valence-corrected chi connectivity index (χ4v) is 2.96. The number of ether oxygens (including phenoxy) is 3. The van der Waals surface area contributed by atoms with E-state index in [0.29, 0.717) is 37.1 Å². The molecule has 0 aromatic heterocycles. The Hall–Kier alpha value is -1.50. The second-order valence-corrected chi connectivity index (χ2v) is 6.68. The van der Waals surface area contributed by atoms with Crippen LogP contribution in [0.3, 0.4) is 0 Å². The van der Waals surface area contributed by atoms with Crippen LogP contribution in [0.1, 0.15) is 19.4 Å². The zero-order valence-corrected chi connectivity index (χ0v) is 16.9. The molecule has 1 amide bonds. The summed E-state index contributed by atoms with van der Waals surface area (Å²) in [7, 11) is 3.25. The van der Waals surface area contributed by atoms with E-state index in [-0.39, 0.29) is 24.4 Å². The molecule has 1 unspecified atom stereocenters. The highest BCUT2D eigenvalue weighted by atomic mass is 35.5. The predicted molar refractivity (Wildman–Crippen MR) is 105 cm³/mol. The van der Waals surface area contributed by atoms with Gasteiger partial charge in [0.15, 0.2) is 11.5 Å². The normalized spacial score (nSPS) is 16.7. The molecule has 0 saturated carbocycles. The number of benzene rings is 1. The van der Waals surface area contributed by atoms with Crippen LogP contribution in [0, 0.1) is 5.92 Å². The lowest BCUT2D eigenvalue weighted by Crippen LogP contribution is -2.50. The predicted octanol–water partition coefficient (Wildman–Crippen LogP) is 2.14. The van der Waals surface area contributed by atoms with Crippen molar-refractivity contribution in [3.8, 4) is 11.5 Å². The topological polar surface area (TPSA) is 60.0 Å². The number of hydrogen-bond acceptors (Lipinski definition) is 5. The number of morpholine rings is 1. The SMILES string of the molecule is COc1ccc(CCN(CC(C)C)C(=O)C2CNCCO2)cc1OC.Cl. The fourth-order valence-electron chi connectivity index (χ4n) is 2.96. The first-order chi connectivity index (χ1) is 12.0. The van der Waals surface area contributed by atoms with Crippen molar-refractivity contribution >= 4 is 18.3 Å². The third-order valence-corrected chi connectivity index (χ3v) is 4.22. The summed E-state index contributed by atoms with van der Waals surface area (Å²) in [5.74, 6) is 1.90. The molecule has 148 valence electrons. The molecule has 0 spiro atoms. The zero-order valence-electron chi connectivity index (χ0n) is 16.1. The highest BCUT2D eigenvalue weighted by molar-refractivity contribution is 5.85. The molecule has 1 fully saturated rings. The minimum absolute atomic E-state index is 0. The van der Waals surface area contributed by atoms with E-state index < -0.39 is 0 Å². The van der Waals surface area contributed by atoms with Crippen molar-refractivity contribution in [1.29, 1.82) is 0 Å². The van der Waals surface area contributed by atoms with Gasteiger partial charge in [0.05, 0.1) is 20.8 Å². The Labute approximate surface area is 162 Å². The second-order valence-electron chi connectivity index (χ2n) is 6.68. The summed E-state index contributed by atoms with van der Waals surface area (Å²) >= 11 is 0. The Morgan fingerprint density at radius 3 is 2.62 bits per heavy atom. The van der Waals surface area contributed by atoms with Gasteiger partial charge >= 0.3 is 0 Å². The van der Waals surface area contributed by atoms with Gasteiger partial charge in [-0.05, 0) is 30.0 Å². The molecule has 6 nitrogen and oxygen atoms in total. The van der Waals surface area contributed by atoms with Crippen molar-refractivity contribution in [3.05, 3.63) is 23.8 Å². The van der Waals surface area contributed by atoms with Crippen molar-refractivity contribution in [2.24, 2.45) is 5.92 Å². The summed E-state index contributed by atoms with van der Waals surface area (Å²) < 4.78 is 16.3. The molecule has 1 aromatic carbocycles. The molecular formula is C19H31ClN2O4. The quantitative estimate of drug-likeness (QED) is 0.741. The maximum absolute atomic E-state index is 12.8. The average molecular weight is 387 g/mol. The number of rotatable bonds is 8. The van der Waals surface area contributed by atoms with Gasteiger partial charge in [0, 0.05) is 26.2 Å². The molecule has 0 bridgehead atoms. The Kier molecular flexibility index (Phi) is 9.76. The Bertz CT molecular complexity index is 562. The molecule has 2 rings (SSSR count). The smallest absolute Gasteiger partial charge is 0.253 e. The van der Waals surface area contributed by atoms with E-state index in [1.165, 1.54) is 0 Å². The molecule has 26 heavy (non-hydrogen) atoms. The number of halogens is 1. The lowest BCUT2D eigenvalue weighted by molar-refractivity contribution is -0.145. The van der Waals surface area contributed by atoms with Gasteiger partial charge in [-0.1, -0.05) is 19.9 Å². The second kappa shape index (κ2) is 11.3. The van der Waals surface area contributed by atoms with Gasteiger partial charge in [-0.25, -0.2) is 0 Å². The highest BCUT2D eigenvalue weighted by Gasteiger charge is 2.27. The van der Waals surface area contributed by atoms with Crippen LogP contribution in [0.15, 0.2) is 18.2 Å². The van der Waals surface area contributed by atoms with Gasteiger partial charge in [-0.3, -0.25) is 4.79 Å². The van der Waals surface area contributed by atoms with Crippen LogP contribution in [-0.2, 0) is 16.0 Å². The number of nitrogens with one attached hydrogen (secondary N) is 1. The van der Waals surface area contributed by atoms with Crippen molar-refractivity contribution in [2.75, 3.05) is 47.0 Å². The van der Waals surface area contributed by atoms with E-state index in [0.717, 1.165) is 25.1 Å². The van der Waals surface area contributed by atoms with E-state index in [2.05, 4.69) is 19.2 Å². The standard InChI is InChI=1S/C19H30N2O4.ClH/c1-14(2)13-21(19(22)18-12-20-8-10-25-18)9-7-15-5-6-16(23-3)17(11-15)24-4;/h5-6,11,14,18,20H,7-10,12-13H2,1-4H3;1H. The van der Waals surface area contributed by atoms with Crippen LogP contribution < -0.4 is 14.8 Å². The maximum Gasteiger partial charge on any atom is 0.253 e. The first kappa shape index (κ1) is 22.5. The van der Waals surface area contributed by atoms with Crippen LogP contribution in [0.5, 0.6) is 11.5 Å². The third kappa shape index (κ3) is 6.34.